The summed E-state index contributed by atoms with van der Waals surface area (Å²) in [6.45, 7) is 7.16. The Labute approximate surface area is 141 Å². The van der Waals surface area contributed by atoms with Crippen molar-refractivity contribution in [3.63, 3.8) is 0 Å². The number of benzene rings is 1. The van der Waals surface area contributed by atoms with Gasteiger partial charge in [0.15, 0.2) is 5.69 Å². The van der Waals surface area contributed by atoms with E-state index in [4.69, 9.17) is 4.52 Å². The van der Waals surface area contributed by atoms with E-state index in [9.17, 15) is 9.59 Å². The molecule has 2 heterocycles. The molecule has 1 saturated heterocycles. The van der Waals surface area contributed by atoms with Crippen molar-refractivity contribution >= 4 is 17.5 Å². The van der Waals surface area contributed by atoms with Gasteiger partial charge in [-0.25, -0.2) is 0 Å². The first-order valence-electron chi connectivity index (χ1n) is 8.10. The van der Waals surface area contributed by atoms with Gasteiger partial charge in [0.05, 0.1) is 5.92 Å². The van der Waals surface area contributed by atoms with E-state index in [-0.39, 0.29) is 17.7 Å². The zero-order valence-corrected chi connectivity index (χ0v) is 14.2. The topological polar surface area (TPSA) is 66.7 Å². The summed E-state index contributed by atoms with van der Waals surface area (Å²) in [6.07, 6.45) is 0. The Bertz CT molecular complexity index is 762. The summed E-state index contributed by atoms with van der Waals surface area (Å²) in [7, 11) is 0. The second-order valence-corrected chi connectivity index (χ2v) is 6.15. The van der Waals surface area contributed by atoms with Crippen molar-refractivity contribution in [1.29, 1.82) is 0 Å². The minimum Gasteiger partial charge on any atom is -0.361 e. The van der Waals surface area contributed by atoms with Crippen LogP contribution in [0.2, 0.25) is 0 Å². The van der Waals surface area contributed by atoms with Gasteiger partial charge in [-0.3, -0.25) is 9.59 Å². The average molecular weight is 327 g/mol. The van der Waals surface area contributed by atoms with Crippen LogP contribution in [0.15, 0.2) is 34.9 Å². The molecule has 3 rings (SSSR count). The van der Waals surface area contributed by atoms with E-state index in [1.54, 1.807) is 22.8 Å². The molecule has 1 aromatic carbocycles. The highest BCUT2D eigenvalue weighted by Crippen LogP contribution is 2.24. The lowest BCUT2D eigenvalue weighted by Gasteiger charge is -2.40. The maximum atomic E-state index is 12.7. The molecule has 1 aliphatic rings. The van der Waals surface area contributed by atoms with Crippen molar-refractivity contribution < 1.29 is 14.1 Å². The van der Waals surface area contributed by atoms with Crippen molar-refractivity contribution in [2.75, 3.05) is 24.5 Å². The summed E-state index contributed by atoms with van der Waals surface area (Å²) in [5, 5.41) is 3.74. The SMILES string of the molecule is CCN(C(=O)C1CN(C(=O)c2cc(C)on2)C1)c1cccc(C)c1. The summed E-state index contributed by atoms with van der Waals surface area (Å²) < 4.78 is 4.93. The van der Waals surface area contributed by atoms with E-state index >= 15 is 0 Å². The second kappa shape index (κ2) is 6.47. The average Bonchev–Trinajstić information content (AvgIpc) is 2.93. The summed E-state index contributed by atoms with van der Waals surface area (Å²) >= 11 is 0. The van der Waals surface area contributed by atoms with Gasteiger partial charge in [0.1, 0.15) is 5.76 Å². The Morgan fingerprint density at radius 2 is 2.04 bits per heavy atom. The molecule has 2 amide bonds. The number of hydrogen-bond donors (Lipinski definition) is 0. The van der Waals surface area contributed by atoms with Crippen molar-refractivity contribution in [2.45, 2.75) is 20.8 Å². The van der Waals surface area contributed by atoms with Crippen LogP contribution in [0.3, 0.4) is 0 Å². The lowest BCUT2D eigenvalue weighted by atomic mass is 9.97. The van der Waals surface area contributed by atoms with Crippen LogP contribution in [-0.2, 0) is 4.79 Å². The minimum absolute atomic E-state index is 0.0588. The first-order valence-corrected chi connectivity index (χ1v) is 8.10. The van der Waals surface area contributed by atoms with Crippen LogP contribution in [0.25, 0.3) is 0 Å². The normalized spacial score (nSPS) is 14.4. The molecule has 24 heavy (non-hydrogen) atoms. The molecule has 6 nitrogen and oxygen atoms in total. The van der Waals surface area contributed by atoms with Crippen LogP contribution < -0.4 is 4.90 Å². The third kappa shape index (κ3) is 3.04. The largest absolute Gasteiger partial charge is 0.361 e. The number of carbonyl (C=O) groups is 2. The highest BCUT2D eigenvalue weighted by atomic mass is 16.5. The third-order valence-electron chi connectivity index (χ3n) is 4.26. The number of aromatic nitrogens is 1. The Morgan fingerprint density at radius 3 is 2.62 bits per heavy atom. The van der Waals surface area contributed by atoms with E-state index in [0.717, 1.165) is 11.3 Å². The lowest BCUT2D eigenvalue weighted by molar-refractivity contribution is -0.126. The molecule has 0 N–H and O–H groups in total. The molecule has 1 aromatic heterocycles. The number of hydrogen-bond acceptors (Lipinski definition) is 4. The maximum absolute atomic E-state index is 12.7. The molecule has 0 spiro atoms. The molecular weight excluding hydrogens is 306 g/mol. The van der Waals surface area contributed by atoms with Crippen molar-refractivity contribution in [3.05, 3.63) is 47.3 Å². The van der Waals surface area contributed by atoms with Gasteiger partial charge >= 0.3 is 0 Å². The molecular formula is C18H21N3O3. The number of anilines is 1. The molecule has 1 aliphatic heterocycles. The zero-order chi connectivity index (χ0) is 17.3. The molecule has 0 saturated carbocycles. The summed E-state index contributed by atoms with van der Waals surface area (Å²) in [5.74, 6) is 0.309. The summed E-state index contributed by atoms with van der Waals surface area (Å²) in [6, 6.07) is 9.51. The molecule has 0 radical (unpaired) electrons. The van der Waals surface area contributed by atoms with Gasteiger partial charge in [0.25, 0.3) is 5.91 Å². The molecule has 0 unspecified atom stereocenters. The van der Waals surface area contributed by atoms with Crippen LogP contribution >= 0.6 is 0 Å². The van der Waals surface area contributed by atoms with E-state index in [1.165, 1.54) is 0 Å². The highest BCUT2D eigenvalue weighted by Gasteiger charge is 2.39. The van der Waals surface area contributed by atoms with Gasteiger partial charge in [0.2, 0.25) is 5.91 Å². The van der Waals surface area contributed by atoms with Crippen molar-refractivity contribution in [1.82, 2.24) is 10.1 Å². The van der Waals surface area contributed by atoms with Crippen LogP contribution in [-0.4, -0.2) is 41.5 Å². The van der Waals surface area contributed by atoms with Gasteiger partial charge in [0, 0.05) is 31.4 Å². The number of aryl methyl sites for hydroxylation is 2. The fourth-order valence-corrected chi connectivity index (χ4v) is 2.91. The fraction of sp³-hybridized carbons (Fsp3) is 0.389. The van der Waals surface area contributed by atoms with Gasteiger partial charge in [-0.05, 0) is 38.5 Å². The third-order valence-corrected chi connectivity index (χ3v) is 4.26. The van der Waals surface area contributed by atoms with Gasteiger partial charge in [-0.2, -0.15) is 0 Å². The number of nitrogens with zero attached hydrogens (tertiary/aromatic N) is 3. The standard InChI is InChI=1S/C18H21N3O3/c1-4-21(15-7-5-6-12(2)8-15)17(22)14-10-20(11-14)18(23)16-9-13(3)24-19-16/h5-9,14H,4,10-11H2,1-3H3. The number of likely N-dealkylation sites (tertiary alicyclic amines) is 1. The van der Waals surface area contributed by atoms with Crippen LogP contribution in [0.1, 0.15) is 28.7 Å². The van der Waals surface area contributed by atoms with E-state index in [1.807, 2.05) is 38.1 Å². The Morgan fingerprint density at radius 1 is 1.29 bits per heavy atom. The number of amides is 2. The second-order valence-electron chi connectivity index (χ2n) is 6.15. The van der Waals surface area contributed by atoms with Crippen LogP contribution in [0.5, 0.6) is 0 Å². The monoisotopic (exact) mass is 327 g/mol. The number of rotatable bonds is 4. The lowest BCUT2D eigenvalue weighted by Crippen LogP contribution is -2.56. The Kier molecular flexibility index (Phi) is 4.38. The Balaban J connectivity index is 1.64. The minimum atomic E-state index is -0.186. The quantitative estimate of drug-likeness (QED) is 0.865. The predicted octanol–water partition coefficient (Wildman–Crippen LogP) is 2.42. The molecule has 0 atom stereocenters. The van der Waals surface area contributed by atoms with Gasteiger partial charge < -0.3 is 14.3 Å². The van der Waals surface area contributed by atoms with E-state index < -0.39 is 0 Å². The Hall–Kier alpha value is -2.63. The van der Waals surface area contributed by atoms with Crippen molar-refractivity contribution in [3.8, 4) is 0 Å². The van der Waals surface area contributed by atoms with Gasteiger partial charge in [-0.15, -0.1) is 0 Å². The smallest absolute Gasteiger partial charge is 0.276 e. The summed E-state index contributed by atoms with van der Waals surface area (Å²) in [5.41, 5.74) is 2.31. The van der Waals surface area contributed by atoms with Crippen LogP contribution in [0, 0.1) is 19.8 Å². The fourth-order valence-electron chi connectivity index (χ4n) is 2.91. The molecule has 2 aromatic rings. The predicted molar refractivity (Wildman–Crippen MR) is 89.8 cm³/mol. The van der Waals surface area contributed by atoms with Crippen LogP contribution in [0.4, 0.5) is 5.69 Å². The summed E-state index contributed by atoms with van der Waals surface area (Å²) in [4.78, 5) is 28.4. The molecule has 126 valence electrons. The van der Waals surface area contributed by atoms with E-state index in [2.05, 4.69) is 5.16 Å². The first-order chi connectivity index (χ1) is 11.5. The molecule has 0 aliphatic carbocycles. The first kappa shape index (κ1) is 16.2. The molecule has 1 fully saturated rings. The number of carbonyl (C=O) groups excluding carboxylic acids is 2. The van der Waals surface area contributed by atoms with E-state index in [0.29, 0.717) is 31.1 Å². The molecule has 0 bridgehead atoms. The highest BCUT2D eigenvalue weighted by molar-refractivity contribution is 5.99. The van der Waals surface area contributed by atoms with Gasteiger partial charge in [-0.1, -0.05) is 17.3 Å². The molecule has 6 heteroatoms. The van der Waals surface area contributed by atoms with Crippen molar-refractivity contribution in [2.24, 2.45) is 5.92 Å². The maximum Gasteiger partial charge on any atom is 0.276 e. The zero-order valence-electron chi connectivity index (χ0n) is 14.2.